The molecule has 2 bridgehead atoms. The number of carboxylic acid groups (broad SMARTS) is 1. The van der Waals surface area contributed by atoms with Gasteiger partial charge in [0, 0.05) is 17.4 Å². The van der Waals surface area contributed by atoms with Crippen molar-refractivity contribution >= 4 is 23.7 Å². The summed E-state index contributed by atoms with van der Waals surface area (Å²) in [5.74, 6) is -1.28. The highest BCUT2D eigenvalue weighted by molar-refractivity contribution is 5.91. The van der Waals surface area contributed by atoms with E-state index in [1.807, 2.05) is 0 Å². The molecule has 0 radical (unpaired) electrons. The van der Waals surface area contributed by atoms with Crippen LogP contribution in [0.3, 0.4) is 0 Å². The van der Waals surface area contributed by atoms with Gasteiger partial charge in [0.2, 0.25) is 0 Å². The minimum Gasteiger partial charge on any atom is -0.479 e. The molecule has 2 unspecified atom stereocenters. The summed E-state index contributed by atoms with van der Waals surface area (Å²) in [6.45, 7) is 0.0191. The Morgan fingerprint density at radius 1 is 1.24 bits per heavy atom. The first kappa shape index (κ1) is 15.1. The first-order valence-electron chi connectivity index (χ1n) is 7.44. The zero-order valence-corrected chi connectivity index (χ0v) is 12.7. The maximum Gasteiger partial charge on any atom is 0.346 e. The molecule has 0 aliphatic carbocycles. The lowest BCUT2D eigenvalue weighted by atomic mass is 9.98. The van der Waals surface area contributed by atoms with Crippen molar-refractivity contribution in [3.05, 3.63) is 47.8 Å². The predicted molar refractivity (Wildman–Crippen MR) is 81.9 cm³/mol. The summed E-state index contributed by atoms with van der Waals surface area (Å²) in [6.07, 6.45) is 1.34. The number of para-hydroxylation sites is 1. The fourth-order valence-electron chi connectivity index (χ4n) is 3.13. The Morgan fingerprint density at radius 3 is 2.64 bits per heavy atom. The van der Waals surface area contributed by atoms with Gasteiger partial charge in [-0.05, 0) is 12.1 Å². The van der Waals surface area contributed by atoms with Crippen LogP contribution in [-0.2, 0) is 4.79 Å². The van der Waals surface area contributed by atoms with Gasteiger partial charge in [0.05, 0.1) is 6.54 Å². The number of nitrogens with zero attached hydrogens (tertiary/aromatic N) is 4. The van der Waals surface area contributed by atoms with Crippen LogP contribution in [0.25, 0.3) is 0 Å². The number of aromatic nitrogens is 2. The molecule has 0 saturated carbocycles. The summed E-state index contributed by atoms with van der Waals surface area (Å²) < 4.78 is 0.980. The average Bonchev–Trinajstić information content (AvgIpc) is 3.13. The minimum absolute atomic E-state index is 0.0191. The van der Waals surface area contributed by atoms with Crippen LogP contribution in [0.2, 0.25) is 0 Å². The van der Waals surface area contributed by atoms with Crippen LogP contribution in [0, 0.1) is 0 Å². The van der Waals surface area contributed by atoms with E-state index in [1.54, 1.807) is 30.3 Å². The smallest absolute Gasteiger partial charge is 0.346 e. The van der Waals surface area contributed by atoms with Crippen molar-refractivity contribution in [3.63, 3.8) is 0 Å². The van der Waals surface area contributed by atoms with E-state index in [2.05, 4.69) is 10.4 Å². The second kappa shape index (κ2) is 5.31. The highest BCUT2D eigenvalue weighted by atomic mass is 16.5. The predicted octanol–water partition coefficient (Wildman–Crippen LogP) is 1.27. The van der Waals surface area contributed by atoms with Crippen LogP contribution in [-0.4, -0.2) is 54.6 Å². The summed E-state index contributed by atoms with van der Waals surface area (Å²) in [6, 6.07) is 5.24. The van der Waals surface area contributed by atoms with E-state index < -0.39 is 30.1 Å². The molecule has 1 aromatic heterocycles. The van der Waals surface area contributed by atoms with E-state index in [-0.39, 0.29) is 12.2 Å². The third kappa shape index (κ3) is 2.22. The fraction of sp³-hybridized carbons (Fsp3) is 0.200. The lowest BCUT2D eigenvalue weighted by Gasteiger charge is -2.25. The molecule has 2 aliphatic heterocycles. The van der Waals surface area contributed by atoms with E-state index in [0.29, 0.717) is 16.3 Å². The van der Waals surface area contributed by atoms with Gasteiger partial charge in [-0.25, -0.2) is 14.4 Å². The molecule has 2 aliphatic rings. The number of rotatable bonds is 2. The van der Waals surface area contributed by atoms with Crippen molar-refractivity contribution in [2.45, 2.75) is 12.1 Å². The largest absolute Gasteiger partial charge is 0.479 e. The molecule has 3 heterocycles. The van der Waals surface area contributed by atoms with Crippen LogP contribution in [0.5, 0.6) is 0 Å². The van der Waals surface area contributed by atoms with Crippen LogP contribution < -0.4 is 5.32 Å². The molecule has 3 amide bonds. The number of nitrogens with one attached hydrogen (secondary N) is 1. The van der Waals surface area contributed by atoms with Crippen molar-refractivity contribution < 1.29 is 24.7 Å². The highest BCUT2D eigenvalue weighted by Crippen LogP contribution is 2.42. The molecule has 2 atom stereocenters. The Kier molecular flexibility index (Phi) is 3.22. The first-order chi connectivity index (χ1) is 12.0. The van der Waals surface area contributed by atoms with E-state index in [9.17, 15) is 24.7 Å². The quantitative estimate of drug-likeness (QED) is 0.705. The van der Waals surface area contributed by atoms with E-state index >= 15 is 0 Å². The molecule has 2 aromatic rings. The summed E-state index contributed by atoms with van der Waals surface area (Å²) in [7, 11) is 0. The van der Waals surface area contributed by atoms with Crippen molar-refractivity contribution in [2.24, 2.45) is 0 Å². The standard InChI is InChI=1S/C15H13N5O5/c21-13(22)12-11-9(10-7-18(12)15(24)20(10)25)6-19(17-11)14(23)16-8-4-2-1-3-5-8/h1-6,10,12,25H,7H2,(H,16,23)(H,21,22). The van der Waals surface area contributed by atoms with Gasteiger partial charge < -0.3 is 15.3 Å². The number of hydroxylamine groups is 2. The molecule has 0 spiro atoms. The second-order valence-electron chi connectivity index (χ2n) is 5.75. The number of benzene rings is 1. The number of amides is 3. The van der Waals surface area contributed by atoms with Gasteiger partial charge in [0.1, 0.15) is 11.7 Å². The zero-order valence-electron chi connectivity index (χ0n) is 12.7. The van der Waals surface area contributed by atoms with Gasteiger partial charge in [-0.15, -0.1) is 0 Å². The minimum atomic E-state index is -1.35. The third-order valence-electron chi connectivity index (χ3n) is 4.28. The number of fused-ring (bicyclic) bond motifs is 4. The van der Waals surface area contributed by atoms with Gasteiger partial charge in [0.25, 0.3) is 0 Å². The number of carbonyl (C=O) groups is 3. The monoisotopic (exact) mass is 343 g/mol. The van der Waals surface area contributed by atoms with Gasteiger partial charge in [-0.1, -0.05) is 18.2 Å². The first-order valence-corrected chi connectivity index (χ1v) is 7.44. The van der Waals surface area contributed by atoms with Gasteiger partial charge >= 0.3 is 18.0 Å². The maximum atomic E-state index is 12.3. The molecule has 3 N–H and O–H groups in total. The molecule has 1 aromatic carbocycles. The van der Waals surface area contributed by atoms with Crippen molar-refractivity contribution in [1.29, 1.82) is 0 Å². The molecular weight excluding hydrogens is 330 g/mol. The van der Waals surface area contributed by atoms with Crippen molar-refractivity contribution in [3.8, 4) is 0 Å². The number of aliphatic carboxylic acids is 1. The Labute approximate surface area is 140 Å². The molecule has 128 valence electrons. The Bertz CT molecular complexity index is 880. The molecule has 25 heavy (non-hydrogen) atoms. The molecule has 1 saturated heterocycles. The molecule has 10 nitrogen and oxygen atoms in total. The third-order valence-corrected chi connectivity index (χ3v) is 4.28. The molecule has 1 fully saturated rings. The second-order valence-corrected chi connectivity index (χ2v) is 5.75. The summed E-state index contributed by atoms with van der Waals surface area (Å²) in [5, 5.41) is 26.5. The normalized spacial score (nSPS) is 21.2. The Hall–Kier alpha value is -3.40. The average molecular weight is 343 g/mol. The van der Waals surface area contributed by atoms with Crippen molar-refractivity contribution in [1.82, 2.24) is 19.7 Å². The maximum absolute atomic E-state index is 12.3. The van der Waals surface area contributed by atoms with Crippen LogP contribution in [0.4, 0.5) is 15.3 Å². The van der Waals surface area contributed by atoms with Crippen LogP contribution >= 0.6 is 0 Å². The van der Waals surface area contributed by atoms with E-state index in [1.165, 1.54) is 6.20 Å². The van der Waals surface area contributed by atoms with Gasteiger partial charge in [-0.2, -0.15) is 14.8 Å². The summed E-state index contributed by atoms with van der Waals surface area (Å²) in [4.78, 5) is 36.9. The zero-order chi connectivity index (χ0) is 17.7. The fourth-order valence-corrected chi connectivity index (χ4v) is 3.13. The van der Waals surface area contributed by atoms with E-state index in [4.69, 9.17) is 0 Å². The van der Waals surface area contributed by atoms with E-state index in [0.717, 1.165) is 9.58 Å². The number of urea groups is 1. The number of carboxylic acids is 1. The Morgan fingerprint density at radius 2 is 1.96 bits per heavy atom. The van der Waals surface area contributed by atoms with Gasteiger partial charge in [-0.3, -0.25) is 5.21 Å². The molecule has 4 rings (SSSR count). The molecule has 10 heteroatoms. The van der Waals surface area contributed by atoms with Crippen molar-refractivity contribution in [2.75, 3.05) is 11.9 Å². The number of anilines is 1. The number of hydrogen-bond acceptors (Lipinski definition) is 5. The van der Waals surface area contributed by atoms with Crippen LogP contribution in [0.1, 0.15) is 23.3 Å². The number of carbonyl (C=O) groups excluding carboxylic acids is 2. The lowest BCUT2D eigenvalue weighted by Crippen LogP contribution is -2.38. The molecular formula is C15H13N5O5. The lowest BCUT2D eigenvalue weighted by molar-refractivity contribution is -0.142. The number of hydrogen-bond donors (Lipinski definition) is 3. The summed E-state index contributed by atoms with van der Waals surface area (Å²) >= 11 is 0. The Balaban J connectivity index is 1.70. The summed E-state index contributed by atoms with van der Waals surface area (Å²) in [5.41, 5.74) is 0.956. The highest BCUT2D eigenvalue weighted by Gasteiger charge is 2.52. The SMILES string of the molecule is O=C(O)C1c2nn(C(=O)Nc3ccccc3)cc2C2CN1C(=O)N2O. The van der Waals surface area contributed by atoms with Crippen LogP contribution in [0.15, 0.2) is 36.5 Å². The van der Waals surface area contributed by atoms with Gasteiger partial charge in [0.15, 0.2) is 6.04 Å². The topological polar surface area (TPSA) is 128 Å².